The molecule has 0 saturated heterocycles. The zero-order valence-corrected chi connectivity index (χ0v) is 17.9. The summed E-state index contributed by atoms with van der Waals surface area (Å²) in [6.07, 6.45) is 3.68. The SMILES string of the molecule is Cc1nc(CC(=O)Nc2cc(C3CCC(N(C(=O)O)C4(C)CC4)C3)[nH]n2)ccc1Cl. The van der Waals surface area contributed by atoms with Gasteiger partial charge in [0.05, 0.1) is 22.8 Å². The van der Waals surface area contributed by atoms with Crippen LogP contribution in [0.25, 0.3) is 0 Å². The number of pyridine rings is 1. The second kappa shape index (κ2) is 7.91. The quantitative estimate of drug-likeness (QED) is 0.637. The second-order valence-corrected chi connectivity index (χ2v) is 9.02. The fourth-order valence-corrected chi connectivity index (χ4v) is 4.49. The molecule has 0 spiro atoms. The number of aromatic nitrogens is 3. The molecule has 2 amide bonds. The highest BCUT2D eigenvalue weighted by atomic mass is 35.5. The van der Waals surface area contributed by atoms with E-state index in [2.05, 4.69) is 20.5 Å². The van der Waals surface area contributed by atoms with E-state index in [9.17, 15) is 14.7 Å². The second-order valence-electron chi connectivity index (χ2n) is 8.62. The van der Waals surface area contributed by atoms with E-state index < -0.39 is 6.09 Å². The molecule has 2 saturated carbocycles. The highest BCUT2D eigenvalue weighted by Crippen LogP contribution is 2.47. The van der Waals surface area contributed by atoms with Crippen molar-refractivity contribution >= 4 is 29.4 Å². The number of H-pyrrole nitrogens is 1. The number of amides is 2. The Bertz CT molecular complexity index is 971. The van der Waals surface area contributed by atoms with Crippen molar-refractivity contribution in [1.29, 1.82) is 0 Å². The summed E-state index contributed by atoms with van der Waals surface area (Å²) in [6, 6.07) is 5.34. The van der Waals surface area contributed by atoms with Crippen LogP contribution in [0.5, 0.6) is 0 Å². The van der Waals surface area contributed by atoms with Gasteiger partial charge in [0.15, 0.2) is 5.82 Å². The number of anilines is 1. The molecule has 2 fully saturated rings. The minimum absolute atomic E-state index is 0.0283. The molecule has 2 aliphatic carbocycles. The first-order valence-corrected chi connectivity index (χ1v) is 10.6. The van der Waals surface area contributed by atoms with Gasteiger partial charge >= 0.3 is 6.09 Å². The lowest BCUT2D eigenvalue weighted by molar-refractivity contribution is -0.115. The summed E-state index contributed by atoms with van der Waals surface area (Å²) in [5.41, 5.74) is 2.06. The zero-order chi connectivity index (χ0) is 21.5. The molecule has 0 radical (unpaired) electrons. The Balaban J connectivity index is 1.35. The van der Waals surface area contributed by atoms with Crippen LogP contribution in [0.15, 0.2) is 18.2 Å². The van der Waals surface area contributed by atoms with Crippen molar-refractivity contribution in [3.63, 3.8) is 0 Å². The Morgan fingerprint density at radius 1 is 1.37 bits per heavy atom. The number of hydrogen-bond acceptors (Lipinski definition) is 4. The van der Waals surface area contributed by atoms with Crippen LogP contribution < -0.4 is 5.32 Å². The number of aromatic amines is 1. The van der Waals surface area contributed by atoms with E-state index in [0.29, 0.717) is 22.2 Å². The highest BCUT2D eigenvalue weighted by Gasteiger charge is 2.50. The van der Waals surface area contributed by atoms with E-state index in [4.69, 9.17) is 11.6 Å². The molecule has 3 N–H and O–H groups in total. The van der Waals surface area contributed by atoms with Crippen molar-refractivity contribution in [2.75, 3.05) is 5.32 Å². The standard InChI is InChI=1S/C21H26ClN5O3/c1-12-16(22)6-4-14(23-12)10-19(28)24-18-11-17(25-26-18)13-3-5-15(9-13)27(20(29)30)21(2)7-8-21/h4,6,11,13,15H,3,5,7-10H2,1-2H3,(H,29,30)(H2,24,25,26,28). The van der Waals surface area contributed by atoms with Crippen molar-refractivity contribution < 1.29 is 14.7 Å². The molecule has 2 atom stereocenters. The summed E-state index contributed by atoms with van der Waals surface area (Å²) < 4.78 is 0. The van der Waals surface area contributed by atoms with Crippen molar-refractivity contribution in [1.82, 2.24) is 20.1 Å². The maximum atomic E-state index is 12.3. The van der Waals surface area contributed by atoms with E-state index >= 15 is 0 Å². The lowest BCUT2D eigenvalue weighted by Crippen LogP contribution is -2.45. The monoisotopic (exact) mass is 431 g/mol. The Kier molecular flexibility index (Phi) is 5.44. The first-order chi connectivity index (χ1) is 14.2. The third-order valence-corrected chi connectivity index (χ3v) is 6.66. The van der Waals surface area contributed by atoms with Crippen LogP contribution in [0.4, 0.5) is 10.6 Å². The van der Waals surface area contributed by atoms with Crippen LogP contribution >= 0.6 is 11.6 Å². The smallest absolute Gasteiger partial charge is 0.408 e. The third-order valence-electron chi connectivity index (χ3n) is 6.26. The van der Waals surface area contributed by atoms with Gasteiger partial charge in [-0.05, 0) is 58.1 Å². The first kappa shape index (κ1) is 20.7. The maximum absolute atomic E-state index is 12.3. The normalized spacial score (nSPS) is 22.0. The molecular formula is C21H26ClN5O3. The molecule has 30 heavy (non-hydrogen) atoms. The van der Waals surface area contributed by atoms with Crippen LogP contribution in [-0.4, -0.2) is 48.8 Å². The molecular weight excluding hydrogens is 406 g/mol. The zero-order valence-electron chi connectivity index (χ0n) is 17.1. The summed E-state index contributed by atoms with van der Waals surface area (Å²) >= 11 is 5.97. The summed E-state index contributed by atoms with van der Waals surface area (Å²) in [7, 11) is 0. The number of aryl methyl sites for hydroxylation is 1. The Morgan fingerprint density at radius 3 is 2.80 bits per heavy atom. The number of halogens is 1. The van der Waals surface area contributed by atoms with E-state index in [0.717, 1.165) is 37.8 Å². The number of nitrogens with one attached hydrogen (secondary N) is 2. The number of carbonyl (C=O) groups excluding carboxylic acids is 1. The topological polar surface area (TPSA) is 111 Å². The lowest BCUT2D eigenvalue weighted by Gasteiger charge is -2.32. The molecule has 2 aliphatic rings. The summed E-state index contributed by atoms with van der Waals surface area (Å²) in [6.45, 7) is 3.82. The number of carbonyl (C=O) groups is 2. The van der Waals surface area contributed by atoms with Gasteiger partial charge in [0.1, 0.15) is 0 Å². The number of rotatable bonds is 6. The number of nitrogens with zero attached hydrogens (tertiary/aromatic N) is 3. The van der Waals surface area contributed by atoms with E-state index in [-0.39, 0.29) is 29.8 Å². The molecule has 0 bridgehead atoms. The predicted octanol–water partition coefficient (Wildman–Crippen LogP) is 4.12. The van der Waals surface area contributed by atoms with Crippen molar-refractivity contribution in [2.45, 2.75) is 69.9 Å². The molecule has 0 aliphatic heterocycles. The summed E-state index contributed by atoms with van der Waals surface area (Å²) in [5, 5.41) is 20.3. The van der Waals surface area contributed by atoms with Gasteiger partial charge in [-0.15, -0.1) is 0 Å². The molecule has 160 valence electrons. The van der Waals surface area contributed by atoms with Crippen LogP contribution in [0.2, 0.25) is 5.02 Å². The van der Waals surface area contributed by atoms with Gasteiger partial charge in [0.25, 0.3) is 0 Å². The fraction of sp³-hybridized carbons (Fsp3) is 0.524. The Labute approximate surface area is 180 Å². The van der Waals surface area contributed by atoms with Crippen LogP contribution in [0.1, 0.15) is 62.0 Å². The van der Waals surface area contributed by atoms with Crippen molar-refractivity contribution in [3.05, 3.63) is 40.3 Å². The minimum Gasteiger partial charge on any atom is -0.465 e. The third kappa shape index (κ3) is 4.28. The van der Waals surface area contributed by atoms with Gasteiger partial charge in [-0.3, -0.25) is 19.8 Å². The highest BCUT2D eigenvalue weighted by molar-refractivity contribution is 6.31. The van der Waals surface area contributed by atoms with Gasteiger partial charge in [-0.2, -0.15) is 5.10 Å². The van der Waals surface area contributed by atoms with Crippen LogP contribution in [-0.2, 0) is 11.2 Å². The number of carboxylic acid groups (broad SMARTS) is 1. The molecule has 2 heterocycles. The molecule has 2 aromatic heterocycles. The van der Waals surface area contributed by atoms with Gasteiger partial charge in [0.2, 0.25) is 5.91 Å². The first-order valence-electron chi connectivity index (χ1n) is 10.2. The fourth-order valence-electron chi connectivity index (χ4n) is 4.38. The minimum atomic E-state index is -0.829. The number of hydrogen-bond donors (Lipinski definition) is 3. The maximum Gasteiger partial charge on any atom is 0.408 e. The van der Waals surface area contributed by atoms with Crippen molar-refractivity contribution in [2.24, 2.45) is 0 Å². The molecule has 0 aromatic carbocycles. The molecule has 2 aromatic rings. The summed E-state index contributed by atoms with van der Waals surface area (Å²) in [4.78, 5) is 30.1. The Hall–Kier alpha value is -2.61. The van der Waals surface area contributed by atoms with Crippen molar-refractivity contribution in [3.8, 4) is 0 Å². The van der Waals surface area contributed by atoms with Gasteiger partial charge in [-0.25, -0.2) is 4.79 Å². The van der Waals surface area contributed by atoms with E-state index in [1.165, 1.54) is 0 Å². The van der Waals surface area contributed by atoms with E-state index in [1.54, 1.807) is 24.0 Å². The van der Waals surface area contributed by atoms with Crippen LogP contribution in [0, 0.1) is 6.92 Å². The predicted molar refractivity (Wildman–Crippen MR) is 113 cm³/mol. The molecule has 9 heteroatoms. The summed E-state index contributed by atoms with van der Waals surface area (Å²) in [5.74, 6) is 0.469. The van der Waals surface area contributed by atoms with Gasteiger partial charge in [0, 0.05) is 29.3 Å². The average Bonchev–Trinajstić information content (AvgIpc) is 3.07. The average molecular weight is 432 g/mol. The van der Waals surface area contributed by atoms with Crippen LogP contribution in [0.3, 0.4) is 0 Å². The van der Waals surface area contributed by atoms with Gasteiger partial charge < -0.3 is 10.4 Å². The molecule has 4 rings (SSSR count). The molecule has 8 nitrogen and oxygen atoms in total. The van der Waals surface area contributed by atoms with E-state index in [1.807, 2.05) is 13.0 Å². The van der Waals surface area contributed by atoms with Gasteiger partial charge in [-0.1, -0.05) is 11.6 Å². The largest absolute Gasteiger partial charge is 0.465 e. The molecule has 2 unspecified atom stereocenters. The lowest BCUT2D eigenvalue weighted by atomic mass is 10.0. The Morgan fingerprint density at radius 2 is 2.13 bits per heavy atom.